The third-order valence-electron chi connectivity index (χ3n) is 3.10. The predicted molar refractivity (Wildman–Crippen MR) is 78.3 cm³/mol. The average Bonchev–Trinajstić information content (AvgIpc) is 2.35. The summed E-state index contributed by atoms with van der Waals surface area (Å²) in [4.78, 5) is 4.63. The number of nitrogens with zero attached hydrogens (tertiary/aromatic N) is 1. The number of aliphatic hydroxyl groups is 1. The first kappa shape index (κ1) is 13.6. The van der Waals surface area contributed by atoms with E-state index in [9.17, 15) is 5.11 Å². The van der Waals surface area contributed by atoms with Crippen LogP contribution in [-0.4, -0.2) is 17.5 Å². The second-order valence-corrected chi connectivity index (χ2v) is 5.99. The van der Waals surface area contributed by atoms with E-state index in [1.54, 1.807) is 0 Å². The molecule has 0 bridgehead atoms. The molecular formula is C14H19BrN2O. The topological polar surface area (TPSA) is 44.6 Å². The van der Waals surface area contributed by atoms with Gasteiger partial charge in [0.1, 0.15) is 5.84 Å². The number of hydrogen-bond acceptors (Lipinski definition) is 3. The fraction of sp³-hybridized carbons (Fsp3) is 0.500. The molecule has 0 aliphatic carbocycles. The van der Waals surface area contributed by atoms with Crippen LogP contribution < -0.4 is 5.32 Å². The summed E-state index contributed by atoms with van der Waals surface area (Å²) in [5, 5.41) is 12.8. The first-order valence-corrected chi connectivity index (χ1v) is 7.14. The Morgan fingerprint density at radius 1 is 1.44 bits per heavy atom. The Bertz CT molecular complexity index is 457. The molecule has 4 heteroatoms. The number of amidine groups is 1. The second-order valence-electron chi connectivity index (χ2n) is 5.07. The molecule has 0 saturated carbocycles. The van der Waals surface area contributed by atoms with Gasteiger partial charge >= 0.3 is 0 Å². The van der Waals surface area contributed by atoms with Gasteiger partial charge in [-0.15, -0.1) is 0 Å². The highest BCUT2D eigenvalue weighted by Crippen LogP contribution is 2.32. The maximum Gasteiger partial charge on any atom is 0.103 e. The molecule has 1 aromatic carbocycles. The van der Waals surface area contributed by atoms with E-state index < -0.39 is 0 Å². The van der Waals surface area contributed by atoms with Crippen LogP contribution in [0.1, 0.15) is 38.3 Å². The number of aliphatic imine (C=N–C) groups is 1. The molecule has 0 aromatic heterocycles. The molecular weight excluding hydrogens is 292 g/mol. The van der Waals surface area contributed by atoms with Gasteiger partial charge in [-0.1, -0.05) is 29.8 Å². The number of rotatable bonds is 4. The van der Waals surface area contributed by atoms with Crippen molar-refractivity contribution in [1.29, 1.82) is 0 Å². The second kappa shape index (κ2) is 5.85. The Balaban J connectivity index is 2.24. The minimum absolute atomic E-state index is 0.0443. The smallest absolute Gasteiger partial charge is 0.103 e. The number of hydrogen-bond donors (Lipinski definition) is 2. The monoisotopic (exact) mass is 310 g/mol. The third-order valence-corrected chi connectivity index (χ3v) is 3.60. The van der Waals surface area contributed by atoms with Crippen LogP contribution in [0, 0.1) is 5.92 Å². The maximum absolute atomic E-state index is 9.49. The van der Waals surface area contributed by atoms with Crippen LogP contribution in [0.5, 0.6) is 0 Å². The molecule has 2 N–H and O–H groups in total. The van der Waals surface area contributed by atoms with Crippen molar-refractivity contribution in [2.75, 3.05) is 6.61 Å². The SMILES string of the molecule is CC(C)CCC1=Nc2ccc(Br)cc2C(CO)N1. The summed E-state index contributed by atoms with van der Waals surface area (Å²) in [6.07, 6.45) is 2.04. The Labute approximate surface area is 116 Å². The molecule has 1 aliphatic heterocycles. The van der Waals surface area contributed by atoms with E-state index in [0.717, 1.165) is 34.4 Å². The van der Waals surface area contributed by atoms with Crippen molar-refractivity contribution in [3.63, 3.8) is 0 Å². The Morgan fingerprint density at radius 3 is 2.89 bits per heavy atom. The Morgan fingerprint density at radius 2 is 2.22 bits per heavy atom. The van der Waals surface area contributed by atoms with Gasteiger partial charge in [0.2, 0.25) is 0 Å². The number of halogens is 1. The van der Waals surface area contributed by atoms with E-state index in [-0.39, 0.29) is 12.6 Å². The summed E-state index contributed by atoms with van der Waals surface area (Å²) in [7, 11) is 0. The molecule has 0 spiro atoms. The summed E-state index contributed by atoms with van der Waals surface area (Å²) in [5.74, 6) is 1.64. The van der Waals surface area contributed by atoms with Crippen molar-refractivity contribution in [1.82, 2.24) is 5.32 Å². The quantitative estimate of drug-likeness (QED) is 0.893. The lowest BCUT2D eigenvalue weighted by Crippen LogP contribution is -2.33. The molecule has 98 valence electrons. The fourth-order valence-electron chi connectivity index (χ4n) is 2.06. The zero-order valence-electron chi connectivity index (χ0n) is 10.8. The minimum atomic E-state index is -0.0443. The third kappa shape index (κ3) is 3.12. The van der Waals surface area contributed by atoms with Gasteiger partial charge in [-0.05, 0) is 30.5 Å². The summed E-state index contributed by atoms with van der Waals surface area (Å²) in [5.41, 5.74) is 2.02. The van der Waals surface area contributed by atoms with Crippen LogP contribution in [0.4, 0.5) is 5.69 Å². The molecule has 0 radical (unpaired) electrons. The van der Waals surface area contributed by atoms with Crippen molar-refractivity contribution in [2.45, 2.75) is 32.7 Å². The van der Waals surface area contributed by atoms with E-state index >= 15 is 0 Å². The van der Waals surface area contributed by atoms with Crippen LogP contribution in [0.15, 0.2) is 27.7 Å². The molecule has 3 nitrogen and oxygen atoms in total. The van der Waals surface area contributed by atoms with Gasteiger partial charge in [-0.25, -0.2) is 4.99 Å². The standard InChI is InChI=1S/C14H19BrN2O/c1-9(2)3-6-14-16-12-5-4-10(15)7-11(12)13(8-18)17-14/h4-5,7,9,13,18H,3,6,8H2,1-2H3,(H,16,17). The van der Waals surface area contributed by atoms with Crippen LogP contribution in [0.3, 0.4) is 0 Å². The minimum Gasteiger partial charge on any atom is -0.394 e. The highest BCUT2D eigenvalue weighted by atomic mass is 79.9. The summed E-state index contributed by atoms with van der Waals surface area (Å²) < 4.78 is 1.02. The molecule has 0 amide bonds. The molecule has 2 rings (SSSR count). The number of fused-ring (bicyclic) bond motifs is 1. The summed E-state index contributed by atoms with van der Waals surface area (Å²) in [6.45, 7) is 4.50. The summed E-state index contributed by atoms with van der Waals surface area (Å²) >= 11 is 3.45. The van der Waals surface area contributed by atoms with Crippen LogP contribution in [0.25, 0.3) is 0 Å². The zero-order valence-corrected chi connectivity index (χ0v) is 12.4. The van der Waals surface area contributed by atoms with E-state index in [1.807, 2.05) is 18.2 Å². The van der Waals surface area contributed by atoms with Gasteiger partial charge in [-0.2, -0.15) is 0 Å². The normalized spacial score (nSPS) is 18.3. The van der Waals surface area contributed by atoms with Crippen LogP contribution in [-0.2, 0) is 0 Å². The van der Waals surface area contributed by atoms with Crippen molar-refractivity contribution in [3.05, 3.63) is 28.2 Å². The lowest BCUT2D eigenvalue weighted by Gasteiger charge is -2.26. The van der Waals surface area contributed by atoms with Crippen LogP contribution >= 0.6 is 15.9 Å². The van der Waals surface area contributed by atoms with Gasteiger partial charge in [0.25, 0.3) is 0 Å². The summed E-state index contributed by atoms with van der Waals surface area (Å²) in [6, 6.07) is 5.96. The van der Waals surface area contributed by atoms with E-state index in [1.165, 1.54) is 0 Å². The number of nitrogens with one attached hydrogen (secondary N) is 1. The molecule has 0 saturated heterocycles. The predicted octanol–water partition coefficient (Wildman–Crippen LogP) is 3.55. The first-order valence-electron chi connectivity index (χ1n) is 6.34. The van der Waals surface area contributed by atoms with Gasteiger partial charge < -0.3 is 10.4 Å². The van der Waals surface area contributed by atoms with Gasteiger partial charge in [0.15, 0.2) is 0 Å². The molecule has 18 heavy (non-hydrogen) atoms. The van der Waals surface area contributed by atoms with Crippen molar-refractivity contribution in [2.24, 2.45) is 10.9 Å². The van der Waals surface area contributed by atoms with Crippen molar-refractivity contribution in [3.8, 4) is 0 Å². The highest BCUT2D eigenvalue weighted by molar-refractivity contribution is 9.10. The molecule has 1 heterocycles. The maximum atomic E-state index is 9.49. The molecule has 1 aromatic rings. The number of benzene rings is 1. The first-order chi connectivity index (χ1) is 8.60. The van der Waals surface area contributed by atoms with Gasteiger partial charge in [0.05, 0.1) is 18.3 Å². The number of aliphatic hydroxyl groups excluding tert-OH is 1. The van der Waals surface area contributed by atoms with Gasteiger partial charge in [-0.3, -0.25) is 0 Å². The lowest BCUT2D eigenvalue weighted by molar-refractivity contribution is 0.256. The zero-order chi connectivity index (χ0) is 13.1. The molecule has 1 unspecified atom stereocenters. The van der Waals surface area contributed by atoms with Crippen molar-refractivity contribution >= 4 is 27.5 Å². The largest absolute Gasteiger partial charge is 0.394 e. The Hall–Kier alpha value is -0.870. The average molecular weight is 311 g/mol. The highest BCUT2D eigenvalue weighted by Gasteiger charge is 2.21. The lowest BCUT2D eigenvalue weighted by atomic mass is 10.0. The molecule has 1 atom stereocenters. The van der Waals surface area contributed by atoms with E-state index in [4.69, 9.17) is 0 Å². The van der Waals surface area contributed by atoms with Gasteiger partial charge in [0, 0.05) is 16.5 Å². The van der Waals surface area contributed by atoms with Crippen LogP contribution in [0.2, 0.25) is 0 Å². The molecule has 0 fully saturated rings. The van der Waals surface area contributed by atoms with E-state index in [0.29, 0.717) is 5.92 Å². The van der Waals surface area contributed by atoms with Crippen molar-refractivity contribution < 1.29 is 5.11 Å². The Kier molecular flexibility index (Phi) is 4.40. The molecule has 1 aliphatic rings. The fourth-order valence-corrected chi connectivity index (χ4v) is 2.44. The van der Waals surface area contributed by atoms with E-state index in [2.05, 4.69) is 40.1 Å².